The normalized spacial score (nSPS) is 19.4. The van der Waals surface area contributed by atoms with E-state index in [1.54, 1.807) is 0 Å². The van der Waals surface area contributed by atoms with E-state index in [2.05, 4.69) is 52.4 Å². The fraction of sp³-hybridized carbons (Fsp3) is 0.571. The number of benzene rings is 1. The van der Waals surface area contributed by atoms with Crippen LogP contribution in [0.1, 0.15) is 39.0 Å². The summed E-state index contributed by atoms with van der Waals surface area (Å²) in [4.78, 5) is 0. The Balaban J connectivity index is 1.96. The van der Waals surface area contributed by atoms with Crippen LogP contribution >= 0.6 is 15.9 Å². The standard InChI is InChI=1S/C14H20BrN/c1-11(12-7-3-2-4-8-12)16-14-10-6-5-9-13(14)15/h5-6,9-12,16H,2-4,7-8H2,1H3. The molecule has 0 amide bonds. The number of nitrogens with one attached hydrogen (secondary N) is 1. The zero-order valence-corrected chi connectivity index (χ0v) is 11.5. The van der Waals surface area contributed by atoms with E-state index in [0.717, 1.165) is 10.4 Å². The lowest BCUT2D eigenvalue weighted by atomic mass is 9.84. The highest BCUT2D eigenvalue weighted by Gasteiger charge is 2.20. The molecule has 2 rings (SSSR count). The highest BCUT2D eigenvalue weighted by Crippen LogP contribution is 2.29. The van der Waals surface area contributed by atoms with E-state index in [0.29, 0.717) is 6.04 Å². The maximum Gasteiger partial charge on any atom is 0.0486 e. The van der Waals surface area contributed by atoms with Crippen LogP contribution in [0.2, 0.25) is 0 Å². The Morgan fingerprint density at radius 1 is 1.19 bits per heavy atom. The van der Waals surface area contributed by atoms with Crippen molar-refractivity contribution < 1.29 is 0 Å². The van der Waals surface area contributed by atoms with Crippen molar-refractivity contribution in [3.8, 4) is 0 Å². The fourth-order valence-electron chi connectivity index (χ4n) is 2.58. The Hall–Kier alpha value is -0.500. The monoisotopic (exact) mass is 281 g/mol. The van der Waals surface area contributed by atoms with Crippen molar-refractivity contribution in [2.24, 2.45) is 5.92 Å². The summed E-state index contributed by atoms with van der Waals surface area (Å²) < 4.78 is 1.16. The highest BCUT2D eigenvalue weighted by atomic mass is 79.9. The summed E-state index contributed by atoms with van der Waals surface area (Å²) in [6.07, 6.45) is 7.02. The third kappa shape index (κ3) is 3.00. The first-order valence-electron chi connectivity index (χ1n) is 6.28. The van der Waals surface area contributed by atoms with E-state index in [4.69, 9.17) is 0 Å². The molecule has 1 saturated carbocycles. The summed E-state index contributed by atoms with van der Waals surface area (Å²) in [7, 11) is 0. The van der Waals surface area contributed by atoms with Crippen LogP contribution in [0.3, 0.4) is 0 Å². The molecule has 1 nitrogen and oxygen atoms in total. The van der Waals surface area contributed by atoms with Crippen LogP contribution in [0.25, 0.3) is 0 Å². The van der Waals surface area contributed by atoms with Gasteiger partial charge in [-0.2, -0.15) is 0 Å². The van der Waals surface area contributed by atoms with Crippen LogP contribution in [-0.4, -0.2) is 6.04 Å². The molecule has 1 unspecified atom stereocenters. The lowest BCUT2D eigenvalue weighted by molar-refractivity contribution is 0.328. The molecular weight excluding hydrogens is 262 g/mol. The molecule has 1 N–H and O–H groups in total. The summed E-state index contributed by atoms with van der Waals surface area (Å²) in [6.45, 7) is 2.31. The van der Waals surface area contributed by atoms with E-state index in [9.17, 15) is 0 Å². The Morgan fingerprint density at radius 2 is 1.88 bits per heavy atom. The largest absolute Gasteiger partial charge is 0.381 e. The van der Waals surface area contributed by atoms with Gasteiger partial charge >= 0.3 is 0 Å². The van der Waals surface area contributed by atoms with Gasteiger partial charge in [-0.15, -0.1) is 0 Å². The van der Waals surface area contributed by atoms with Crippen molar-refractivity contribution in [1.29, 1.82) is 0 Å². The maximum absolute atomic E-state index is 3.63. The molecule has 0 spiro atoms. The molecule has 0 aromatic heterocycles. The Morgan fingerprint density at radius 3 is 2.56 bits per heavy atom. The molecule has 1 fully saturated rings. The molecule has 0 saturated heterocycles. The van der Waals surface area contributed by atoms with Crippen molar-refractivity contribution in [2.75, 3.05) is 5.32 Å². The molecule has 0 bridgehead atoms. The van der Waals surface area contributed by atoms with E-state index in [1.165, 1.54) is 37.8 Å². The van der Waals surface area contributed by atoms with Crippen LogP contribution in [0, 0.1) is 5.92 Å². The predicted octanol–water partition coefficient (Wildman–Crippen LogP) is 4.83. The van der Waals surface area contributed by atoms with Gasteiger partial charge in [-0.1, -0.05) is 31.4 Å². The van der Waals surface area contributed by atoms with Crippen molar-refractivity contribution in [3.05, 3.63) is 28.7 Å². The second kappa shape index (κ2) is 5.72. The first kappa shape index (κ1) is 12.0. The molecule has 16 heavy (non-hydrogen) atoms. The molecule has 1 aliphatic carbocycles. The van der Waals surface area contributed by atoms with Gasteiger partial charge in [0.1, 0.15) is 0 Å². The van der Waals surface area contributed by atoms with Crippen LogP contribution in [0.15, 0.2) is 28.7 Å². The smallest absolute Gasteiger partial charge is 0.0486 e. The molecule has 2 heteroatoms. The van der Waals surface area contributed by atoms with Gasteiger partial charge in [0, 0.05) is 16.2 Å². The lowest BCUT2D eigenvalue weighted by Gasteiger charge is -2.29. The van der Waals surface area contributed by atoms with E-state index in [-0.39, 0.29) is 0 Å². The third-order valence-corrected chi connectivity index (χ3v) is 4.31. The second-order valence-corrected chi connectivity index (χ2v) is 5.67. The molecule has 1 atom stereocenters. The zero-order chi connectivity index (χ0) is 11.4. The van der Waals surface area contributed by atoms with Gasteiger partial charge in [0.25, 0.3) is 0 Å². The van der Waals surface area contributed by atoms with Gasteiger partial charge in [0.05, 0.1) is 0 Å². The molecular formula is C14H20BrN. The fourth-order valence-corrected chi connectivity index (χ4v) is 2.97. The second-order valence-electron chi connectivity index (χ2n) is 4.81. The van der Waals surface area contributed by atoms with Crippen LogP contribution in [-0.2, 0) is 0 Å². The van der Waals surface area contributed by atoms with Crippen molar-refractivity contribution in [3.63, 3.8) is 0 Å². The van der Waals surface area contributed by atoms with Crippen LogP contribution < -0.4 is 5.32 Å². The minimum atomic E-state index is 0.582. The van der Waals surface area contributed by atoms with Gasteiger partial charge in [0.15, 0.2) is 0 Å². The average Bonchev–Trinajstić information content (AvgIpc) is 2.33. The summed E-state index contributed by atoms with van der Waals surface area (Å²) in [5, 5.41) is 3.63. The average molecular weight is 282 g/mol. The molecule has 1 aromatic rings. The van der Waals surface area contributed by atoms with Gasteiger partial charge in [-0.25, -0.2) is 0 Å². The lowest BCUT2D eigenvalue weighted by Crippen LogP contribution is -2.27. The van der Waals surface area contributed by atoms with Gasteiger partial charge in [-0.05, 0) is 53.7 Å². The molecule has 88 valence electrons. The predicted molar refractivity (Wildman–Crippen MR) is 73.8 cm³/mol. The number of anilines is 1. The van der Waals surface area contributed by atoms with Gasteiger partial charge in [0.2, 0.25) is 0 Å². The molecule has 1 aliphatic rings. The minimum absolute atomic E-state index is 0.582. The molecule has 1 aromatic carbocycles. The minimum Gasteiger partial charge on any atom is -0.381 e. The Kier molecular flexibility index (Phi) is 4.28. The molecule has 0 radical (unpaired) electrons. The topological polar surface area (TPSA) is 12.0 Å². The summed E-state index contributed by atoms with van der Waals surface area (Å²) in [5.74, 6) is 0.848. The highest BCUT2D eigenvalue weighted by molar-refractivity contribution is 9.10. The maximum atomic E-state index is 3.63. The summed E-state index contributed by atoms with van der Waals surface area (Å²) in [6, 6.07) is 8.96. The summed E-state index contributed by atoms with van der Waals surface area (Å²) >= 11 is 3.59. The molecule has 0 aliphatic heterocycles. The number of halogens is 1. The van der Waals surface area contributed by atoms with E-state index in [1.807, 2.05) is 0 Å². The van der Waals surface area contributed by atoms with E-state index >= 15 is 0 Å². The first-order chi connectivity index (χ1) is 7.77. The van der Waals surface area contributed by atoms with Crippen molar-refractivity contribution >= 4 is 21.6 Å². The first-order valence-corrected chi connectivity index (χ1v) is 7.08. The zero-order valence-electron chi connectivity index (χ0n) is 9.88. The summed E-state index contributed by atoms with van der Waals surface area (Å²) in [5.41, 5.74) is 1.22. The Bertz CT molecular complexity index is 331. The SMILES string of the molecule is CC(Nc1ccccc1Br)C1CCCCC1. The third-order valence-electron chi connectivity index (χ3n) is 3.61. The van der Waals surface area contributed by atoms with Crippen LogP contribution in [0.5, 0.6) is 0 Å². The Labute approximate surface area is 107 Å². The number of para-hydroxylation sites is 1. The van der Waals surface area contributed by atoms with Crippen molar-refractivity contribution in [2.45, 2.75) is 45.1 Å². The van der Waals surface area contributed by atoms with Crippen LogP contribution in [0.4, 0.5) is 5.69 Å². The molecule has 0 heterocycles. The number of rotatable bonds is 3. The van der Waals surface area contributed by atoms with Gasteiger partial charge < -0.3 is 5.32 Å². The van der Waals surface area contributed by atoms with E-state index < -0.39 is 0 Å². The number of hydrogen-bond donors (Lipinski definition) is 1. The van der Waals surface area contributed by atoms with Gasteiger partial charge in [-0.3, -0.25) is 0 Å². The quantitative estimate of drug-likeness (QED) is 0.837. The number of hydrogen-bond acceptors (Lipinski definition) is 1. The van der Waals surface area contributed by atoms with Crippen molar-refractivity contribution in [1.82, 2.24) is 0 Å².